The lowest BCUT2D eigenvalue weighted by molar-refractivity contribution is 0.379. The summed E-state index contributed by atoms with van der Waals surface area (Å²) in [4.78, 5) is 12.0. The molecule has 2 fully saturated rings. The Morgan fingerprint density at radius 3 is 3.03 bits per heavy atom. The standard InChI is InChI=1S/C24H25N9O/c1-13-8-19(31-34-13)24(12-25)16-6-7-33(11-17(16)24)20-9-26-22-21(28-29-23(22)27-20)14-4-3-5-18-15(14)10-32(2)30-18/h3-5,8-10,16-17H,6-7,11-12,25H2,1-2H3,(H,27,28,29). The third-order valence-corrected chi connectivity index (χ3v) is 7.77. The van der Waals surface area contributed by atoms with Crippen molar-refractivity contribution in [1.29, 1.82) is 0 Å². The van der Waals surface area contributed by atoms with Crippen molar-refractivity contribution in [2.24, 2.45) is 24.6 Å². The normalized spacial score (nSPS) is 24.1. The minimum absolute atomic E-state index is 0.0897. The molecule has 172 valence electrons. The lowest BCUT2D eigenvalue weighted by Crippen LogP contribution is -2.32. The van der Waals surface area contributed by atoms with Gasteiger partial charge < -0.3 is 15.2 Å². The number of benzene rings is 1. The second kappa shape index (κ2) is 6.86. The molecule has 0 radical (unpaired) electrons. The Morgan fingerprint density at radius 1 is 1.29 bits per heavy atom. The van der Waals surface area contributed by atoms with E-state index in [-0.39, 0.29) is 5.41 Å². The highest BCUT2D eigenvalue weighted by Gasteiger charge is 2.67. The quantitative estimate of drug-likeness (QED) is 0.423. The number of hydrogen-bond donors (Lipinski definition) is 2. The summed E-state index contributed by atoms with van der Waals surface area (Å²) in [5.41, 5.74) is 11.3. The van der Waals surface area contributed by atoms with Crippen molar-refractivity contribution in [2.45, 2.75) is 18.8 Å². The maximum absolute atomic E-state index is 6.28. The molecule has 0 amide bonds. The summed E-state index contributed by atoms with van der Waals surface area (Å²) in [5.74, 6) is 2.66. The number of piperidine rings is 1. The minimum atomic E-state index is -0.0897. The van der Waals surface area contributed by atoms with Crippen LogP contribution in [0.2, 0.25) is 0 Å². The predicted molar refractivity (Wildman–Crippen MR) is 127 cm³/mol. The number of anilines is 1. The molecule has 1 saturated heterocycles. The predicted octanol–water partition coefficient (Wildman–Crippen LogP) is 2.56. The van der Waals surface area contributed by atoms with Crippen LogP contribution in [-0.2, 0) is 12.5 Å². The first-order valence-corrected chi connectivity index (χ1v) is 11.6. The van der Waals surface area contributed by atoms with E-state index < -0.39 is 0 Å². The van der Waals surface area contributed by atoms with Crippen LogP contribution in [0.15, 0.2) is 41.2 Å². The second-order valence-corrected chi connectivity index (χ2v) is 9.55. The van der Waals surface area contributed by atoms with Gasteiger partial charge in [0.05, 0.1) is 17.4 Å². The molecule has 1 aliphatic heterocycles. The molecule has 1 saturated carbocycles. The van der Waals surface area contributed by atoms with Gasteiger partial charge in [0.25, 0.3) is 0 Å². The van der Waals surface area contributed by atoms with Crippen molar-refractivity contribution < 1.29 is 4.52 Å². The summed E-state index contributed by atoms with van der Waals surface area (Å²) < 4.78 is 7.18. The van der Waals surface area contributed by atoms with E-state index in [1.165, 1.54) is 0 Å². The number of H-pyrrole nitrogens is 1. The number of nitrogens with one attached hydrogen (secondary N) is 1. The number of hydrogen-bond acceptors (Lipinski definition) is 8. The van der Waals surface area contributed by atoms with Crippen molar-refractivity contribution in [3.05, 3.63) is 48.1 Å². The average molecular weight is 456 g/mol. The molecule has 3 unspecified atom stereocenters. The lowest BCUT2D eigenvalue weighted by atomic mass is 9.97. The Bertz CT molecular complexity index is 1550. The largest absolute Gasteiger partial charge is 0.361 e. The van der Waals surface area contributed by atoms with E-state index >= 15 is 0 Å². The molecule has 1 aromatic carbocycles. The Labute approximate surface area is 195 Å². The van der Waals surface area contributed by atoms with Crippen molar-refractivity contribution >= 4 is 27.9 Å². The van der Waals surface area contributed by atoms with Crippen LogP contribution in [0.3, 0.4) is 0 Å². The van der Waals surface area contributed by atoms with E-state index in [1.807, 2.05) is 55.3 Å². The van der Waals surface area contributed by atoms with Crippen molar-refractivity contribution in [3.8, 4) is 11.3 Å². The average Bonchev–Trinajstić information content (AvgIpc) is 3.23. The summed E-state index contributed by atoms with van der Waals surface area (Å²) in [7, 11) is 1.92. The molecule has 0 bridgehead atoms. The minimum Gasteiger partial charge on any atom is -0.361 e. The van der Waals surface area contributed by atoms with Crippen LogP contribution < -0.4 is 10.6 Å². The summed E-state index contributed by atoms with van der Waals surface area (Å²) >= 11 is 0. The number of fused-ring (bicyclic) bond motifs is 3. The lowest BCUT2D eigenvalue weighted by Gasteiger charge is -2.26. The van der Waals surface area contributed by atoms with Crippen LogP contribution >= 0.6 is 0 Å². The van der Waals surface area contributed by atoms with Crippen LogP contribution in [-0.4, -0.2) is 54.7 Å². The molecule has 3 N–H and O–H groups in total. The van der Waals surface area contributed by atoms with Gasteiger partial charge in [-0.1, -0.05) is 17.3 Å². The van der Waals surface area contributed by atoms with Crippen molar-refractivity contribution in [3.63, 3.8) is 0 Å². The maximum Gasteiger partial charge on any atom is 0.177 e. The highest BCUT2D eigenvalue weighted by Crippen LogP contribution is 2.62. The second-order valence-electron chi connectivity index (χ2n) is 9.55. The van der Waals surface area contributed by atoms with E-state index in [4.69, 9.17) is 20.2 Å². The summed E-state index contributed by atoms with van der Waals surface area (Å²) in [6.45, 7) is 4.30. The van der Waals surface area contributed by atoms with Crippen LogP contribution in [0, 0.1) is 18.8 Å². The highest BCUT2D eigenvalue weighted by molar-refractivity contribution is 6.00. The number of aromatic nitrogens is 7. The van der Waals surface area contributed by atoms with Crippen LogP contribution in [0.4, 0.5) is 5.82 Å². The molecule has 5 aromatic rings. The van der Waals surface area contributed by atoms with Gasteiger partial charge in [-0.25, -0.2) is 9.97 Å². The third-order valence-electron chi connectivity index (χ3n) is 7.77. The van der Waals surface area contributed by atoms with Gasteiger partial charge in [-0.3, -0.25) is 9.78 Å². The van der Waals surface area contributed by atoms with Gasteiger partial charge in [-0.05, 0) is 31.2 Å². The van der Waals surface area contributed by atoms with Gasteiger partial charge in [0.15, 0.2) is 5.65 Å². The molecule has 10 heteroatoms. The van der Waals surface area contributed by atoms with E-state index in [9.17, 15) is 0 Å². The molecule has 0 spiro atoms. The van der Waals surface area contributed by atoms with E-state index in [0.29, 0.717) is 24.0 Å². The van der Waals surface area contributed by atoms with Crippen molar-refractivity contribution in [2.75, 3.05) is 24.5 Å². The Kier molecular flexibility index (Phi) is 3.97. The first kappa shape index (κ1) is 19.7. The Hall–Kier alpha value is -3.79. The summed E-state index contributed by atoms with van der Waals surface area (Å²) in [6, 6.07) is 8.08. The maximum atomic E-state index is 6.28. The highest BCUT2D eigenvalue weighted by atomic mass is 16.5. The molecule has 1 aliphatic carbocycles. The van der Waals surface area contributed by atoms with Gasteiger partial charge in [-0.2, -0.15) is 10.2 Å². The first-order valence-electron chi connectivity index (χ1n) is 11.6. The summed E-state index contributed by atoms with van der Waals surface area (Å²) in [6.07, 6.45) is 4.91. The molecule has 4 aromatic heterocycles. The zero-order chi connectivity index (χ0) is 23.0. The third kappa shape index (κ3) is 2.62. The topological polar surface area (TPSA) is 128 Å². The zero-order valence-corrected chi connectivity index (χ0v) is 19.1. The molecular formula is C24H25N9O. The molecule has 2 aliphatic rings. The Morgan fingerprint density at radius 2 is 2.21 bits per heavy atom. The molecule has 7 rings (SSSR count). The molecular weight excluding hydrogens is 430 g/mol. The SMILES string of the molecule is Cc1cc(C2(CN)C3CCN(c4cnc5c(-c6cccc7nn(C)cc67)n[nH]c5n4)CC32)no1. The fraction of sp³-hybridized carbons (Fsp3) is 0.375. The molecule has 3 atom stereocenters. The fourth-order valence-corrected chi connectivity index (χ4v) is 6.06. The number of aryl methyl sites for hydroxylation is 2. The number of aromatic amines is 1. The Balaban J connectivity index is 1.20. The van der Waals surface area contributed by atoms with Crippen molar-refractivity contribution in [1.82, 2.24) is 35.1 Å². The van der Waals surface area contributed by atoms with Gasteiger partial charge in [0.1, 0.15) is 22.8 Å². The van der Waals surface area contributed by atoms with Gasteiger partial charge >= 0.3 is 0 Å². The van der Waals surface area contributed by atoms with Crippen LogP contribution in [0.25, 0.3) is 33.3 Å². The first-order chi connectivity index (χ1) is 16.6. The van der Waals surface area contributed by atoms with Crippen LogP contribution in [0.5, 0.6) is 0 Å². The summed E-state index contributed by atoms with van der Waals surface area (Å²) in [5, 5.41) is 17.5. The van der Waals surface area contributed by atoms with Gasteiger partial charge in [0.2, 0.25) is 0 Å². The number of rotatable bonds is 4. The number of nitrogens with two attached hydrogens (primary N) is 1. The monoisotopic (exact) mass is 455 g/mol. The fourth-order valence-electron chi connectivity index (χ4n) is 6.06. The van der Waals surface area contributed by atoms with Gasteiger partial charge in [0, 0.05) is 55.3 Å². The molecule has 34 heavy (non-hydrogen) atoms. The van der Waals surface area contributed by atoms with E-state index in [0.717, 1.165) is 64.5 Å². The van der Waals surface area contributed by atoms with E-state index in [1.54, 1.807) is 0 Å². The zero-order valence-electron chi connectivity index (χ0n) is 19.1. The molecule has 5 heterocycles. The van der Waals surface area contributed by atoms with Crippen LogP contribution in [0.1, 0.15) is 17.9 Å². The van der Waals surface area contributed by atoms with E-state index in [2.05, 4.69) is 25.4 Å². The smallest absolute Gasteiger partial charge is 0.177 e. The number of nitrogens with zero attached hydrogens (tertiary/aromatic N) is 7. The van der Waals surface area contributed by atoms with Gasteiger partial charge in [-0.15, -0.1) is 0 Å². The molecule has 10 nitrogen and oxygen atoms in total.